The second kappa shape index (κ2) is 4.86. The minimum absolute atomic E-state index is 0.0777. The number of methoxy groups -OCH3 is 1. The highest BCUT2D eigenvalue weighted by Gasteiger charge is 2.61. The molecule has 0 N–H and O–H groups in total. The predicted octanol–water partition coefficient (Wildman–Crippen LogP) is 0.628. The molecular weight excluding hydrogens is 260 g/mol. The number of hydrogen-bond acceptors (Lipinski definition) is 5. The van der Waals surface area contributed by atoms with E-state index in [0.29, 0.717) is 31.7 Å². The summed E-state index contributed by atoms with van der Waals surface area (Å²) in [5, 5.41) is 0. The summed E-state index contributed by atoms with van der Waals surface area (Å²) in [7, 11) is 1.35. The molecule has 6 heteroatoms. The van der Waals surface area contributed by atoms with Crippen LogP contribution in [0.2, 0.25) is 0 Å². The first kappa shape index (κ1) is 13.1. The van der Waals surface area contributed by atoms with Gasteiger partial charge in [0.2, 0.25) is 0 Å². The van der Waals surface area contributed by atoms with E-state index in [-0.39, 0.29) is 17.9 Å². The highest BCUT2D eigenvalue weighted by Crippen LogP contribution is 2.43. The summed E-state index contributed by atoms with van der Waals surface area (Å²) in [6, 6.07) is 5.08. The predicted molar refractivity (Wildman–Crippen MR) is 69.0 cm³/mol. The van der Waals surface area contributed by atoms with Crippen molar-refractivity contribution < 1.29 is 19.1 Å². The fraction of sp³-hybridized carbons (Fsp3) is 0.500. The van der Waals surface area contributed by atoms with Crippen molar-refractivity contribution in [3.63, 3.8) is 0 Å². The van der Waals surface area contributed by atoms with Crippen molar-refractivity contribution in [3.8, 4) is 0 Å². The van der Waals surface area contributed by atoms with Crippen molar-refractivity contribution in [2.75, 3.05) is 20.3 Å². The van der Waals surface area contributed by atoms with Crippen LogP contribution in [0.1, 0.15) is 23.3 Å². The summed E-state index contributed by atoms with van der Waals surface area (Å²) in [6.45, 7) is 0.912. The molecule has 0 aromatic carbocycles. The monoisotopic (exact) mass is 276 g/mol. The summed E-state index contributed by atoms with van der Waals surface area (Å²) < 4.78 is 10.4. The van der Waals surface area contributed by atoms with E-state index in [4.69, 9.17) is 9.47 Å². The van der Waals surface area contributed by atoms with Crippen molar-refractivity contribution in [3.05, 3.63) is 30.1 Å². The Morgan fingerprint density at radius 1 is 1.50 bits per heavy atom. The van der Waals surface area contributed by atoms with Crippen LogP contribution < -0.4 is 0 Å². The molecule has 2 aliphatic rings. The lowest BCUT2D eigenvalue weighted by Gasteiger charge is -2.53. The maximum atomic E-state index is 12.6. The number of amides is 1. The number of esters is 1. The van der Waals surface area contributed by atoms with Crippen LogP contribution in [0.5, 0.6) is 0 Å². The molecule has 2 unspecified atom stereocenters. The Morgan fingerprint density at radius 2 is 2.35 bits per heavy atom. The standard InChI is InChI=1S/C14H16N2O4/c1-19-13(18)14-5-7-20-9-10(8-14)16(14)12(17)11-4-2-3-6-15-11/h2-4,6,10H,5,7-9H2,1H3. The van der Waals surface area contributed by atoms with E-state index in [2.05, 4.69) is 4.98 Å². The molecule has 0 spiro atoms. The normalized spacial score (nSPS) is 28.2. The van der Waals surface area contributed by atoms with E-state index in [1.807, 2.05) is 0 Å². The van der Waals surface area contributed by atoms with Gasteiger partial charge in [0.1, 0.15) is 11.2 Å². The van der Waals surface area contributed by atoms with Gasteiger partial charge in [-0.3, -0.25) is 9.78 Å². The van der Waals surface area contributed by atoms with Gasteiger partial charge in [0, 0.05) is 25.6 Å². The first-order valence-corrected chi connectivity index (χ1v) is 6.60. The van der Waals surface area contributed by atoms with Crippen LogP contribution >= 0.6 is 0 Å². The average molecular weight is 276 g/mol. The van der Waals surface area contributed by atoms with Gasteiger partial charge in [-0.1, -0.05) is 6.07 Å². The quantitative estimate of drug-likeness (QED) is 0.741. The van der Waals surface area contributed by atoms with E-state index in [1.165, 1.54) is 7.11 Å². The molecule has 2 aliphatic heterocycles. The summed E-state index contributed by atoms with van der Waals surface area (Å²) in [4.78, 5) is 30.4. The number of pyridine rings is 1. The number of nitrogens with zero attached hydrogens (tertiary/aromatic N) is 2. The molecule has 3 heterocycles. The van der Waals surface area contributed by atoms with Gasteiger partial charge >= 0.3 is 5.97 Å². The van der Waals surface area contributed by atoms with Gasteiger partial charge in [0.25, 0.3) is 5.91 Å². The number of hydrogen-bond donors (Lipinski definition) is 0. The fourth-order valence-electron chi connectivity index (χ4n) is 3.08. The number of fused-ring (bicyclic) bond motifs is 2. The first-order valence-electron chi connectivity index (χ1n) is 6.60. The molecule has 20 heavy (non-hydrogen) atoms. The third-order valence-electron chi connectivity index (χ3n) is 4.04. The number of rotatable bonds is 2. The highest BCUT2D eigenvalue weighted by molar-refractivity contribution is 5.98. The number of aromatic nitrogens is 1. The van der Waals surface area contributed by atoms with Crippen molar-refractivity contribution in [1.82, 2.24) is 9.88 Å². The number of carbonyl (C=O) groups is 2. The molecule has 0 saturated carbocycles. The lowest BCUT2D eigenvalue weighted by Crippen LogP contribution is -2.71. The van der Waals surface area contributed by atoms with E-state index < -0.39 is 5.54 Å². The Labute approximate surface area is 116 Å². The maximum Gasteiger partial charge on any atom is 0.331 e. The molecule has 1 aromatic rings. The molecule has 2 fully saturated rings. The summed E-state index contributed by atoms with van der Waals surface area (Å²) in [5.41, 5.74) is -0.544. The Balaban J connectivity index is 1.94. The van der Waals surface area contributed by atoms with Gasteiger partial charge < -0.3 is 14.4 Å². The topological polar surface area (TPSA) is 68.7 Å². The van der Waals surface area contributed by atoms with Crippen molar-refractivity contribution in [2.24, 2.45) is 0 Å². The fourth-order valence-corrected chi connectivity index (χ4v) is 3.08. The summed E-state index contributed by atoms with van der Waals surface area (Å²) in [5.74, 6) is -0.610. The SMILES string of the molecule is COC(=O)C12CCOCC(C1)N2C(=O)c1ccccn1. The van der Waals surface area contributed by atoms with E-state index in [9.17, 15) is 9.59 Å². The lowest BCUT2D eigenvalue weighted by molar-refractivity contribution is -0.166. The molecule has 106 valence electrons. The Bertz CT molecular complexity index is 529. The van der Waals surface area contributed by atoms with Crippen LogP contribution in [0.3, 0.4) is 0 Å². The third-order valence-corrected chi connectivity index (χ3v) is 4.04. The van der Waals surface area contributed by atoms with Crippen LogP contribution in [0.4, 0.5) is 0 Å². The zero-order valence-corrected chi connectivity index (χ0v) is 11.2. The van der Waals surface area contributed by atoms with Gasteiger partial charge in [-0.15, -0.1) is 0 Å². The largest absolute Gasteiger partial charge is 0.467 e. The molecule has 3 rings (SSSR count). The lowest BCUT2D eigenvalue weighted by atomic mass is 9.76. The molecule has 2 bridgehead atoms. The van der Waals surface area contributed by atoms with Crippen LogP contribution in [-0.4, -0.2) is 53.7 Å². The molecular formula is C14H16N2O4. The van der Waals surface area contributed by atoms with Crippen LogP contribution in [0.15, 0.2) is 24.4 Å². The second-order valence-corrected chi connectivity index (χ2v) is 5.10. The smallest absolute Gasteiger partial charge is 0.331 e. The Morgan fingerprint density at radius 3 is 3.05 bits per heavy atom. The average Bonchev–Trinajstić information content (AvgIpc) is 2.80. The summed E-state index contributed by atoms with van der Waals surface area (Å²) >= 11 is 0. The minimum Gasteiger partial charge on any atom is -0.467 e. The molecule has 0 aliphatic carbocycles. The molecule has 2 saturated heterocycles. The number of ether oxygens (including phenoxy) is 2. The van der Waals surface area contributed by atoms with Crippen molar-refractivity contribution >= 4 is 11.9 Å². The van der Waals surface area contributed by atoms with Gasteiger partial charge in [0.05, 0.1) is 19.8 Å². The van der Waals surface area contributed by atoms with Crippen molar-refractivity contribution in [2.45, 2.75) is 24.4 Å². The van der Waals surface area contributed by atoms with E-state index >= 15 is 0 Å². The molecule has 1 aromatic heterocycles. The van der Waals surface area contributed by atoms with Crippen molar-refractivity contribution in [1.29, 1.82) is 0 Å². The Kier molecular flexibility index (Phi) is 3.17. The van der Waals surface area contributed by atoms with Crippen LogP contribution in [-0.2, 0) is 14.3 Å². The van der Waals surface area contributed by atoms with Gasteiger partial charge in [-0.05, 0) is 12.1 Å². The molecule has 1 amide bonds. The van der Waals surface area contributed by atoms with E-state index in [1.54, 1.807) is 29.3 Å². The first-order chi connectivity index (χ1) is 9.69. The molecule has 0 radical (unpaired) electrons. The third kappa shape index (κ3) is 1.79. The van der Waals surface area contributed by atoms with E-state index in [0.717, 1.165) is 0 Å². The summed E-state index contributed by atoms with van der Waals surface area (Å²) in [6.07, 6.45) is 2.63. The number of carbonyl (C=O) groups excluding carboxylic acids is 2. The Hall–Kier alpha value is -1.95. The molecule has 6 nitrogen and oxygen atoms in total. The van der Waals surface area contributed by atoms with Gasteiger partial charge in [-0.25, -0.2) is 4.79 Å². The molecule has 2 atom stereocenters. The second-order valence-electron chi connectivity index (χ2n) is 5.10. The maximum absolute atomic E-state index is 12.6. The highest BCUT2D eigenvalue weighted by atomic mass is 16.5. The zero-order chi connectivity index (χ0) is 14.2. The zero-order valence-electron chi connectivity index (χ0n) is 11.2. The minimum atomic E-state index is -0.884. The van der Waals surface area contributed by atoms with Gasteiger partial charge in [-0.2, -0.15) is 0 Å². The number of likely N-dealkylation sites (tertiary alicyclic amines) is 1. The van der Waals surface area contributed by atoms with Gasteiger partial charge in [0.15, 0.2) is 0 Å². The van der Waals surface area contributed by atoms with Crippen LogP contribution in [0, 0.1) is 0 Å². The van der Waals surface area contributed by atoms with Crippen LogP contribution in [0.25, 0.3) is 0 Å².